The first-order valence-electron chi connectivity index (χ1n) is 6.75. The molecule has 3 heterocycles. The molecule has 0 fully saturated rings. The smallest absolute Gasteiger partial charge is 0.0455 e. The second-order valence-electron chi connectivity index (χ2n) is 4.96. The van der Waals surface area contributed by atoms with Crippen molar-refractivity contribution in [2.24, 2.45) is 0 Å². The van der Waals surface area contributed by atoms with Crippen molar-refractivity contribution < 1.29 is 0 Å². The fourth-order valence-corrected chi connectivity index (χ4v) is 3.87. The number of hydrogen-bond donors (Lipinski definition) is 1. The van der Waals surface area contributed by atoms with Crippen molar-refractivity contribution in [2.75, 3.05) is 5.32 Å². The Bertz CT molecular complexity index is 747. The molecule has 0 bridgehead atoms. The van der Waals surface area contributed by atoms with Crippen molar-refractivity contribution in [2.45, 2.75) is 13.0 Å². The summed E-state index contributed by atoms with van der Waals surface area (Å²) in [6.45, 7) is 0.922. The van der Waals surface area contributed by atoms with E-state index in [4.69, 9.17) is 0 Å². The fourth-order valence-electron chi connectivity index (χ4n) is 2.64. The predicted molar refractivity (Wildman–Crippen MR) is 84.1 cm³/mol. The molecule has 1 aromatic carbocycles. The largest absolute Gasteiger partial charge is 0.380 e. The van der Waals surface area contributed by atoms with Crippen LogP contribution in [0.1, 0.15) is 16.1 Å². The molecule has 0 atom stereocenters. The number of nitrogens with one attached hydrogen (secondary N) is 1. The summed E-state index contributed by atoms with van der Waals surface area (Å²) in [5.41, 5.74) is 5.10. The zero-order valence-corrected chi connectivity index (χ0v) is 11.8. The van der Waals surface area contributed by atoms with Crippen molar-refractivity contribution in [3.05, 3.63) is 70.9 Å². The second kappa shape index (κ2) is 4.76. The van der Waals surface area contributed by atoms with Gasteiger partial charge in [0.1, 0.15) is 0 Å². The summed E-state index contributed by atoms with van der Waals surface area (Å²) in [4.78, 5) is 7.20. The van der Waals surface area contributed by atoms with E-state index in [1.165, 1.54) is 26.6 Å². The van der Waals surface area contributed by atoms with Gasteiger partial charge >= 0.3 is 0 Å². The Morgan fingerprint density at radius 2 is 2.00 bits per heavy atom. The van der Waals surface area contributed by atoms with E-state index in [-0.39, 0.29) is 0 Å². The standard InChI is InChI=1S/C17H14N2S/c1-2-7-16-15(6-1)17-12(11-19-16)9-14(20-17)10-13-5-3-4-8-18-13/h1-9,19H,10-11H2. The van der Waals surface area contributed by atoms with Gasteiger partial charge in [-0.2, -0.15) is 0 Å². The zero-order chi connectivity index (χ0) is 13.4. The first kappa shape index (κ1) is 11.7. The van der Waals surface area contributed by atoms with Crippen LogP contribution in [-0.4, -0.2) is 4.98 Å². The van der Waals surface area contributed by atoms with Gasteiger partial charge in [0.25, 0.3) is 0 Å². The van der Waals surface area contributed by atoms with Crippen molar-refractivity contribution >= 4 is 17.0 Å². The molecule has 1 aliphatic heterocycles. The first-order chi connectivity index (χ1) is 9.90. The lowest BCUT2D eigenvalue weighted by Crippen LogP contribution is -2.05. The highest BCUT2D eigenvalue weighted by Crippen LogP contribution is 2.41. The number of hydrogen-bond acceptors (Lipinski definition) is 3. The molecule has 1 aliphatic rings. The van der Waals surface area contributed by atoms with Crippen LogP contribution in [0, 0.1) is 0 Å². The monoisotopic (exact) mass is 278 g/mol. The SMILES string of the molecule is c1ccc(Cc2cc3c(s2)-c2ccccc2NC3)nc1. The van der Waals surface area contributed by atoms with Crippen LogP contribution in [0.15, 0.2) is 54.7 Å². The number of rotatable bonds is 2. The number of benzene rings is 1. The Morgan fingerprint density at radius 3 is 2.90 bits per heavy atom. The van der Waals surface area contributed by atoms with Gasteiger partial charge in [-0.15, -0.1) is 11.3 Å². The zero-order valence-electron chi connectivity index (χ0n) is 11.0. The maximum Gasteiger partial charge on any atom is 0.0455 e. The van der Waals surface area contributed by atoms with Crippen LogP contribution in [-0.2, 0) is 13.0 Å². The Hall–Kier alpha value is -2.13. The third-order valence-electron chi connectivity index (χ3n) is 3.58. The third-order valence-corrected chi connectivity index (χ3v) is 4.79. The number of para-hydroxylation sites is 1. The van der Waals surface area contributed by atoms with E-state index >= 15 is 0 Å². The molecule has 0 saturated carbocycles. The highest BCUT2D eigenvalue weighted by atomic mass is 32.1. The Balaban J connectivity index is 1.72. The van der Waals surface area contributed by atoms with Crippen LogP contribution < -0.4 is 5.32 Å². The number of pyridine rings is 1. The molecule has 4 rings (SSSR count). The molecule has 0 unspecified atom stereocenters. The number of fused-ring (bicyclic) bond motifs is 3. The average Bonchev–Trinajstić information content (AvgIpc) is 2.91. The Kier molecular flexibility index (Phi) is 2.78. The summed E-state index contributed by atoms with van der Waals surface area (Å²) in [5.74, 6) is 0. The molecule has 20 heavy (non-hydrogen) atoms. The van der Waals surface area contributed by atoms with Gasteiger partial charge in [0.15, 0.2) is 0 Å². The lowest BCUT2D eigenvalue weighted by atomic mass is 10.0. The summed E-state index contributed by atoms with van der Waals surface area (Å²) in [6, 6.07) is 16.9. The molecular formula is C17H14N2S. The lowest BCUT2D eigenvalue weighted by molar-refractivity contribution is 1.09. The number of thiophene rings is 1. The van der Waals surface area contributed by atoms with E-state index in [2.05, 4.69) is 46.7 Å². The highest BCUT2D eigenvalue weighted by Gasteiger charge is 2.18. The quantitative estimate of drug-likeness (QED) is 0.755. The van der Waals surface area contributed by atoms with Gasteiger partial charge in [0, 0.05) is 45.9 Å². The maximum atomic E-state index is 4.42. The molecule has 0 saturated heterocycles. The van der Waals surface area contributed by atoms with Crippen molar-refractivity contribution in [1.82, 2.24) is 4.98 Å². The van der Waals surface area contributed by atoms with E-state index in [1.54, 1.807) is 0 Å². The van der Waals surface area contributed by atoms with Crippen LogP contribution in [0.3, 0.4) is 0 Å². The Morgan fingerprint density at radius 1 is 1.10 bits per heavy atom. The van der Waals surface area contributed by atoms with Gasteiger partial charge < -0.3 is 5.32 Å². The fraction of sp³-hybridized carbons (Fsp3) is 0.118. The Labute approximate surface area is 122 Å². The molecule has 2 aromatic heterocycles. The number of anilines is 1. The van der Waals surface area contributed by atoms with E-state index < -0.39 is 0 Å². The molecular weight excluding hydrogens is 264 g/mol. The van der Waals surface area contributed by atoms with Crippen LogP contribution in [0.4, 0.5) is 5.69 Å². The molecule has 0 aliphatic carbocycles. The third kappa shape index (κ3) is 2.00. The molecule has 0 radical (unpaired) electrons. The molecule has 3 aromatic rings. The van der Waals surface area contributed by atoms with Gasteiger partial charge in [-0.1, -0.05) is 24.3 Å². The summed E-state index contributed by atoms with van der Waals surface area (Å²) in [6.07, 6.45) is 2.78. The number of aromatic nitrogens is 1. The van der Waals surface area contributed by atoms with Crippen LogP contribution in [0.5, 0.6) is 0 Å². The normalized spacial score (nSPS) is 12.4. The lowest BCUT2D eigenvalue weighted by Gasteiger charge is -2.17. The average molecular weight is 278 g/mol. The van der Waals surface area contributed by atoms with Crippen molar-refractivity contribution in [3.63, 3.8) is 0 Å². The van der Waals surface area contributed by atoms with Gasteiger partial charge in [0.2, 0.25) is 0 Å². The van der Waals surface area contributed by atoms with Crippen molar-refractivity contribution in [3.8, 4) is 10.4 Å². The molecule has 1 N–H and O–H groups in total. The topological polar surface area (TPSA) is 24.9 Å². The van der Waals surface area contributed by atoms with E-state index in [9.17, 15) is 0 Å². The minimum absolute atomic E-state index is 0.917. The van der Waals surface area contributed by atoms with Crippen LogP contribution in [0.25, 0.3) is 10.4 Å². The van der Waals surface area contributed by atoms with Gasteiger partial charge in [-0.25, -0.2) is 0 Å². The summed E-state index contributed by atoms with van der Waals surface area (Å²) < 4.78 is 0. The van der Waals surface area contributed by atoms with Crippen LogP contribution in [0.2, 0.25) is 0 Å². The first-order valence-corrected chi connectivity index (χ1v) is 7.56. The summed E-state index contributed by atoms with van der Waals surface area (Å²) >= 11 is 1.89. The molecule has 98 valence electrons. The van der Waals surface area contributed by atoms with E-state index in [0.29, 0.717) is 0 Å². The maximum absolute atomic E-state index is 4.42. The predicted octanol–water partition coefficient (Wildman–Crippen LogP) is 4.33. The summed E-state index contributed by atoms with van der Waals surface area (Å²) in [7, 11) is 0. The van der Waals surface area contributed by atoms with Gasteiger partial charge in [-0.3, -0.25) is 4.98 Å². The van der Waals surface area contributed by atoms with E-state index in [1.807, 2.05) is 29.7 Å². The highest BCUT2D eigenvalue weighted by molar-refractivity contribution is 7.15. The second-order valence-corrected chi connectivity index (χ2v) is 6.10. The van der Waals surface area contributed by atoms with Crippen LogP contribution >= 0.6 is 11.3 Å². The van der Waals surface area contributed by atoms with Gasteiger partial charge in [-0.05, 0) is 29.8 Å². The van der Waals surface area contributed by atoms with Crippen molar-refractivity contribution in [1.29, 1.82) is 0 Å². The minimum atomic E-state index is 0.917. The molecule has 0 amide bonds. The van der Waals surface area contributed by atoms with Gasteiger partial charge in [0.05, 0.1) is 0 Å². The number of nitrogens with zero attached hydrogens (tertiary/aromatic N) is 1. The summed E-state index contributed by atoms with van der Waals surface area (Å²) in [5, 5.41) is 3.49. The molecule has 0 spiro atoms. The molecule has 2 nitrogen and oxygen atoms in total. The van der Waals surface area contributed by atoms with E-state index in [0.717, 1.165) is 18.7 Å². The minimum Gasteiger partial charge on any atom is -0.380 e. The molecule has 3 heteroatoms.